The topological polar surface area (TPSA) is 58.0 Å². The van der Waals surface area contributed by atoms with Crippen molar-refractivity contribution < 1.29 is 13.9 Å². The molecule has 1 aliphatic heterocycles. The Balaban J connectivity index is 1.77. The average molecular weight is 440 g/mol. The van der Waals surface area contributed by atoms with Gasteiger partial charge in [0.2, 0.25) is 0 Å². The maximum Gasteiger partial charge on any atom is 0.291 e. The molecular weight excluding hydrogens is 410 g/mol. The molecule has 0 spiro atoms. The number of furan rings is 1. The highest BCUT2D eigenvalue weighted by Crippen LogP contribution is 2.42. The number of carbonyl (C=O) groups is 1. The van der Waals surface area contributed by atoms with Crippen LogP contribution < -0.4 is 10.1 Å². The maximum atomic E-state index is 12.8. The fourth-order valence-corrected chi connectivity index (χ4v) is 5.06. The molecule has 0 saturated carbocycles. The molecule has 1 atom stereocenters. The fourth-order valence-electron chi connectivity index (χ4n) is 4.04. The fraction of sp³-hybridized carbons (Fsp3) is 0.375. The molecule has 31 heavy (non-hydrogen) atoms. The van der Waals surface area contributed by atoms with E-state index in [1.54, 1.807) is 30.6 Å². The normalized spacial score (nSPS) is 16.2. The SMILES string of the molecule is CCc1cc([C@@H](c2ccccc2OC)N2CCN(C)CC2)c(NC(=O)c2ccco2)s1. The van der Waals surface area contributed by atoms with E-state index >= 15 is 0 Å². The molecule has 164 valence electrons. The third-order valence-corrected chi connectivity index (χ3v) is 6.97. The number of benzene rings is 1. The zero-order valence-corrected chi connectivity index (χ0v) is 19.1. The van der Waals surface area contributed by atoms with Crippen LogP contribution in [0.25, 0.3) is 0 Å². The van der Waals surface area contributed by atoms with Crippen molar-refractivity contribution in [2.75, 3.05) is 45.7 Å². The Hall–Kier alpha value is -2.61. The van der Waals surface area contributed by atoms with Crippen molar-refractivity contribution >= 4 is 22.2 Å². The summed E-state index contributed by atoms with van der Waals surface area (Å²) >= 11 is 1.63. The minimum Gasteiger partial charge on any atom is -0.496 e. The van der Waals surface area contributed by atoms with Crippen LogP contribution >= 0.6 is 11.3 Å². The summed E-state index contributed by atoms with van der Waals surface area (Å²) in [4.78, 5) is 18.9. The van der Waals surface area contributed by atoms with Gasteiger partial charge in [0.05, 0.1) is 19.4 Å². The van der Waals surface area contributed by atoms with Gasteiger partial charge >= 0.3 is 0 Å². The lowest BCUT2D eigenvalue weighted by Crippen LogP contribution is -2.46. The molecule has 6 nitrogen and oxygen atoms in total. The van der Waals surface area contributed by atoms with E-state index in [1.165, 1.54) is 11.1 Å². The average Bonchev–Trinajstić information content (AvgIpc) is 3.46. The minimum absolute atomic E-state index is 0.00620. The van der Waals surface area contributed by atoms with Gasteiger partial charge in [-0.1, -0.05) is 25.1 Å². The number of piperazine rings is 1. The van der Waals surface area contributed by atoms with Gasteiger partial charge < -0.3 is 19.4 Å². The van der Waals surface area contributed by atoms with Crippen molar-refractivity contribution in [2.45, 2.75) is 19.4 Å². The Bertz CT molecular complexity index is 1010. The largest absolute Gasteiger partial charge is 0.496 e. The summed E-state index contributed by atoms with van der Waals surface area (Å²) in [5.41, 5.74) is 2.22. The van der Waals surface area contributed by atoms with E-state index in [4.69, 9.17) is 9.15 Å². The van der Waals surface area contributed by atoms with Gasteiger partial charge in [-0.2, -0.15) is 0 Å². The molecule has 0 radical (unpaired) electrons. The third-order valence-electron chi connectivity index (χ3n) is 5.76. The maximum absolute atomic E-state index is 12.8. The molecular formula is C24H29N3O3S. The van der Waals surface area contributed by atoms with Crippen molar-refractivity contribution in [1.82, 2.24) is 9.80 Å². The van der Waals surface area contributed by atoms with Gasteiger partial charge in [0, 0.05) is 42.2 Å². The molecule has 1 fully saturated rings. The Morgan fingerprint density at radius 1 is 1.16 bits per heavy atom. The molecule has 1 aromatic carbocycles. The number of nitrogens with one attached hydrogen (secondary N) is 1. The first-order valence-electron chi connectivity index (χ1n) is 10.6. The lowest BCUT2D eigenvalue weighted by molar-refractivity contribution is 0.0996. The number of amides is 1. The van der Waals surface area contributed by atoms with Crippen LogP contribution in [0.2, 0.25) is 0 Å². The number of ether oxygens (including phenoxy) is 1. The van der Waals surface area contributed by atoms with Crippen LogP contribution in [-0.4, -0.2) is 56.0 Å². The first kappa shape index (κ1) is 21.6. The molecule has 0 unspecified atom stereocenters. The van der Waals surface area contributed by atoms with Crippen molar-refractivity contribution in [3.8, 4) is 5.75 Å². The second kappa shape index (κ2) is 9.68. The number of aryl methyl sites for hydroxylation is 1. The van der Waals surface area contributed by atoms with E-state index < -0.39 is 0 Å². The smallest absolute Gasteiger partial charge is 0.291 e. The Kier molecular flexibility index (Phi) is 6.75. The number of hydrogen-bond acceptors (Lipinski definition) is 6. The number of hydrogen-bond donors (Lipinski definition) is 1. The predicted molar refractivity (Wildman–Crippen MR) is 124 cm³/mol. The summed E-state index contributed by atoms with van der Waals surface area (Å²) < 4.78 is 11.0. The summed E-state index contributed by atoms with van der Waals surface area (Å²) in [6.07, 6.45) is 2.43. The molecule has 3 aromatic rings. The highest BCUT2D eigenvalue weighted by molar-refractivity contribution is 7.16. The van der Waals surface area contributed by atoms with Gasteiger partial charge in [-0.3, -0.25) is 9.69 Å². The Morgan fingerprint density at radius 2 is 1.94 bits per heavy atom. The molecule has 1 aliphatic rings. The van der Waals surface area contributed by atoms with E-state index in [9.17, 15) is 4.79 Å². The van der Waals surface area contributed by atoms with Crippen molar-refractivity contribution in [3.63, 3.8) is 0 Å². The minimum atomic E-state index is -0.229. The summed E-state index contributed by atoms with van der Waals surface area (Å²) in [6, 6.07) is 13.8. The van der Waals surface area contributed by atoms with Crippen LogP contribution in [0.4, 0.5) is 5.00 Å². The van der Waals surface area contributed by atoms with Gasteiger partial charge in [-0.05, 0) is 37.7 Å². The summed E-state index contributed by atoms with van der Waals surface area (Å²) in [5, 5.41) is 3.98. The molecule has 7 heteroatoms. The first-order valence-corrected chi connectivity index (χ1v) is 11.4. The number of thiophene rings is 1. The van der Waals surface area contributed by atoms with Crippen molar-refractivity contribution in [1.29, 1.82) is 0 Å². The van der Waals surface area contributed by atoms with Crippen LogP contribution in [0.1, 0.15) is 39.5 Å². The van der Waals surface area contributed by atoms with Crippen LogP contribution in [0.3, 0.4) is 0 Å². The second-order valence-corrected chi connectivity index (χ2v) is 8.90. The quantitative estimate of drug-likeness (QED) is 0.587. The van der Waals surface area contributed by atoms with Crippen molar-refractivity contribution in [2.24, 2.45) is 0 Å². The highest BCUT2D eigenvalue weighted by Gasteiger charge is 2.31. The Labute approximate surface area is 187 Å². The van der Waals surface area contributed by atoms with Gasteiger partial charge in [0.25, 0.3) is 5.91 Å². The van der Waals surface area contributed by atoms with Gasteiger partial charge in [-0.25, -0.2) is 0 Å². The van der Waals surface area contributed by atoms with E-state index in [0.717, 1.165) is 54.5 Å². The van der Waals surface area contributed by atoms with Crippen LogP contribution in [0.5, 0.6) is 5.75 Å². The summed E-state index contributed by atoms with van der Waals surface area (Å²) in [5.74, 6) is 0.942. The summed E-state index contributed by atoms with van der Waals surface area (Å²) in [7, 11) is 3.87. The summed E-state index contributed by atoms with van der Waals surface area (Å²) in [6.45, 7) is 6.04. The lowest BCUT2D eigenvalue weighted by Gasteiger charge is -2.38. The zero-order chi connectivity index (χ0) is 21.8. The lowest BCUT2D eigenvalue weighted by atomic mass is 9.96. The van der Waals surface area contributed by atoms with Gasteiger partial charge in [-0.15, -0.1) is 11.3 Å². The molecule has 0 bridgehead atoms. The number of anilines is 1. The monoisotopic (exact) mass is 439 g/mol. The van der Waals surface area contributed by atoms with E-state index in [0.29, 0.717) is 5.76 Å². The number of carbonyl (C=O) groups excluding carboxylic acids is 1. The van der Waals surface area contributed by atoms with Crippen LogP contribution in [0, 0.1) is 0 Å². The molecule has 1 N–H and O–H groups in total. The van der Waals surface area contributed by atoms with Crippen LogP contribution in [0.15, 0.2) is 53.1 Å². The number of methoxy groups -OCH3 is 1. The predicted octanol–water partition coefficient (Wildman–Crippen LogP) is 4.50. The highest BCUT2D eigenvalue weighted by atomic mass is 32.1. The third kappa shape index (κ3) is 4.69. The number of likely N-dealkylation sites (N-methyl/N-ethyl adjacent to an activating group) is 1. The van der Waals surface area contributed by atoms with E-state index in [1.807, 2.05) is 12.1 Å². The first-order chi connectivity index (χ1) is 15.1. The van der Waals surface area contributed by atoms with Crippen LogP contribution in [-0.2, 0) is 6.42 Å². The molecule has 1 amide bonds. The molecule has 0 aliphatic carbocycles. The number of nitrogens with zero attached hydrogens (tertiary/aromatic N) is 2. The standard InChI is InChI=1S/C24H29N3O3S/c1-4-17-16-19(24(31-17)25-23(28)21-10-7-15-30-21)22(27-13-11-26(2)12-14-27)18-8-5-6-9-20(18)29-3/h5-10,15-16,22H,4,11-14H2,1-3H3,(H,25,28)/t22-/m1/s1. The molecule has 3 heterocycles. The van der Waals surface area contributed by atoms with E-state index in [2.05, 4.69) is 47.3 Å². The molecule has 2 aromatic heterocycles. The number of rotatable bonds is 7. The van der Waals surface area contributed by atoms with Gasteiger partial charge in [0.15, 0.2) is 5.76 Å². The van der Waals surface area contributed by atoms with Crippen molar-refractivity contribution in [3.05, 3.63) is 70.5 Å². The zero-order valence-electron chi connectivity index (χ0n) is 18.3. The van der Waals surface area contributed by atoms with Gasteiger partial charge in [0.1, 0.15) is 10.8 Å². The Morgan fingerprint density at radius 3 is 2.61 bits per heavy atom. The molecule has 4 rings (SSSR count). The molecule has 1 saturated heterocycles. The number of para-hydroxylation sites is 1. The van der Waals surface area contributed by atoms with E-state index in [-0.39, 0.29) is 11.9 Å². The second-order valence-electron chi connectivity index (χ2n) is 7.77.